The third kappa shape index (κ3) is 3.75. The van der Waals surface area contributed by atoms with Crippen LogP contribution in [0.4, 0.5) is 0 Å². The van der Waals surface area contributed by atoms with Gasteiger partial charge < -0.3 is 15.0 Å². The van der Waals surface area contributed by atoms with Gasteiger partial charge in [-0.15, -0.1) is 0 Å². The molecule has 0 saturated carbocycles. The molecule has 1 amide bonds. The molecule has 1 heterocycles. The van der Waals surface area contributed by atoms with Gasteiger partial charge >= 0.3 is 0 Å². The molecular formula is C16H20Cl2N2O2. The second kappa shape index (κ2) is 6.49. The molecule has 1 aromatic heterocycles. The second-order valence-electron chi connectivity index (χ2n) is 6.51. The number of fused-ring (bicyclic) bond motifs is 1. The van der Waals surface area contributed by atoms with Crippen molar-refractivity contribution in [1.29, 1.82) is 0 Å². The van der Waals surface area contributed by atoms with Crippen molar-refractivity contribution in [1.82, 2.24) is 9.88 Å². The maximum Gasteiger partial charge on any atom is 0.271 e. The van der Waals surface area contributed by atoms with Crippen LogP contribution in [0.1, 0.15) is 31.3 Å². The summed E-state index contributed by atoms with van der Waals surface area (Å²) in [6.07, 6.45) is 0. The minimum atomic E-state index is -0.221. The molecule has 0 aliphatic heterocycles. The van der Waals surface area contributed by atoms with E-state index in [1.165, 1.54) is 0 Å². The number of aliphatic hydroxyl groups excluding tert-OH is 1. The van der Waals surface area contributed by atoms with Crippen molar-refractivity contribution in [2.75, 3.05) is 19.7 Å². The first kappa shape index (κ1) is 17.1. The SMILES string of the molecule is CC(C)(C)CN(CCO)C(=O)c1[nH]c2ccc(Cl)cc2c1Cl. The molecule has 2 rings (SSSR count). The first-order chi connectivity index (χ1) is 10.2. The van der Waals surface area contributed by atoms with Crippen molar-refractivity contribution in [3.8, 4) is 0 Å². The van der Waals surface area contributed by atoms with Crippen LogP contribution in [0.15, 0.2) is 18.2 Å². The van der Waals surface area contributed by atoms with E-state index >= 15 is 0 Å². The molecule has 6 heteroatoms. The molecule has 0 fully saturated rings. The van der Waals surface area contributed by atoms with Crippen molar-refractivity contribution in [3.63, 3.8) is 0 Å². The zero-order chi connectivity index (χ0) is 16.5. The van der Waals surface area contributed by atoms with Gasteiger partial charge in [0.15, 0.2) is 0 Å². The van der Waals surface area contributed by atoms with Crippen molar-refractivity contribution >= 4 is 40.0 Å². The molecule has 0 aliphatic carbocycles. The molecule has 2 aromatic rings. The van der Waals surface area contributed by atoms with E-state index in [-0.39, 0.29) is 24.5 Å². The summed E-state index contributed by atoms with van der Waals surface area (Å²) in [5.41, 5.74) is 1.01. The first-order valence-electron chi connectivity index (χ1n) is 7.10. The number of nitrogens with one attached hydrogen (secondary N) is 1. The molecule has 0 bridgehead atoms. The molecular weight excluding hydrogens is 323 g/mol. The maximum atomic E-state index is 12.8. The Balaban J connectivity index is 2.40. The van der Waals surface area contributed by atoms with Gasteiger partial charge in [0.05, 0.1) is 11.6 Å². The van der Waals surface area contributed by atoms with Crippen LogP contribution in [0, 0.1) is 5.41 Å². The van der Waals surface area contributed by atoms with Crippen molar-refractivity contribution < 1.29 is 9.90 Å². The predicted octanol–water partition coefficient (Wildman–Crippen LogP) is 3.96. The van der Waals surface area contributed by atoms with E-state index in [1.54, 1.807) is 23.1 Å². The zero-order valence-corrected chi connectivity index (χ0v) is 14.4. The summed E-state index contributed by atoms with van der Waals surface area (Å²) in [7, 11) is 0. The topological polar surface area (TPSA) is 56.3 Å². The normalized spacial score (nSPS) is 11.9. The van der Waals surface area contributed by atoms with Crippen LogP contribution in [-0.4, -0.2) is 40.6 Å². The van der Waals surface area contributed by atoms with Crippen LogP contribution < -0.4 is 0 Å². The molecule has 0 aliphatic rings. The number of rotatable bonds is 4. The number of H-pyrrole nitrogens is 1. The average molecular weight is 343 g/mol. The summed E-state index contributed by atoms with van der Waals surface area (Å²) >= 11 is 12.3. The van der Waals surface area contributed by atoms with Gasteiger partial charge in [-0.1, -0.05) is 44.0 Å². The maximum absolute atomic E-state index is 12.8. The molecule has 0 spiro atoms. The lowest BCUT2D eigenvalue weighted by atomic mass is 9.96. The standard InChI is InChI=1S/C16H20Cl2N2O2/c1-16(2,3)9-20(6-7-21)15(22)14-13(18)11-8-10(17)4-5-12(11)19-14/h4-5,8,19,21H,6-7,9H2,1-3H3. The van der Waals surface area contributed by atoms with Gasteiger partial charge in [-0.2, -0.15) is 0 Å². The number of halogens is 2. The molecule has 0 atom stereocenters. The number of aromatic nitrogens is 1. The number of carbonyl (C=O) groups is 1. The molecule has 4 nitrogen and oxygen atoms in total. The molecule has 0 radical (unpaired) electrons. The largest absolute Gasteiger partial charge is 0.395 e. The van der Waals surface area contributed by atoms with E-state index in [0.717, 1.165) is 10.9 Å². The van der Waals surface area contributed by atoms with Crippen LogP contribution in [-0.2, 0) is 0 Å². The first-order valence-corrected chi connectivity index (χ1v) is 7.85. The number of benzene rings is 1. The number of hydrogen-bond acceptors (Lipinski definition) is 2. The number of aliphatic hydroxyl groups is 1. The van der Waals surface area contributed by atoms with E-state index in [2.05, 4.69) is 4.98 Å². The molecule has 2 N–H and O–H groups in total. The van der Waals surface area contributed by atoms with E-state index < -0.39 is 0 Å². The van der Waals surface area contributed by atoms with E-state index in [4.69, 9.17) is 23.2 Å². The summed E-state index contributed by atoms with van der Waals surface area (Å²) in [5.74, 6) is -0.221. The van der Waals surface area contributed by atoms with Gasteiger partial charge in [0, 0.05) is 29.0 Å². The predicted molar refractivity (Wildman–Crippen MR) is 90.8 cm³/mol. The van der Waals surface area contributed by atoms with Crippen molar-refractivity contribution in [2.45, 2.75) is 20.8 Å². The van der Waals surface area contributed by atoms with Crippen LogP contribution in [0.25, 0.3) is 10.9 Å². The summed E-state index contributed by atoms with van der Waals surface area (Å²) in [5, 5.41) is 10.9. The molecule has 0 saturated heterocycles. The van der Waals surface area contributed by atoms with Gasteiger partial charge in [-0.3, -0.25) is 4.79 Å². The number of hydrogen-bond donors (Lipinski definition) is 2. The monoisotopic (exact) mass is 342 g/mol. The quantitative estimate of drug-likeness (QED) is 0.883. The summed E-state index contributed by atoms with van der Waals surface area (Å²) in [6, 6.07) is 5.26. The van der Waals surface area contributed by atoms with Crippen LogP contribution in [0.3, 0.4) is 0 Å². The summed E-state index contributed by atoms with van der Waals surface area (Å²) in [6.45, 7) is 6.82. The Labute approximate surface area is 140 Å². The van der Waals surface area contributed by atoms with Crippen LogP contribution in [0.2, 0.25) is 10.0 Å². The van der Waals surface area contributed by atoms with Gasteiger partial charge in [-0.05, 0) is 23.6 Å². The number of carbonyl (C=O) groups excluding carboxylic acids is 1. The Morgan fingerprint density at radius 1 is 1.32 bits per heavy atom. The van der Waals surface area contributed by atoms with Gasteiger partial charge in [0.25, 0.3) is 5.91 Å². The Kier molecular flexibility index (Phi) is 5.05. The number of nitrogens with zero attached hydrogens (tertiary/aromatic N) is 1. The van der Waals surface area contributed by atoms with Crippen LogP contribution in [0.5, 0.6) is 0 Å². The lowest BCUT2D eigenvalue weighted by Crippen LogP contribution is -2.39. The highest BCUT2D eigenvalue weighted by atomic mass is 35.5. The Morgan fingerprint density at radius 2 is 2.00 bits per heavy atom. The third-order valence-electron chi connectivity index (χ3n) is 3.23. The molecule has 0 unspecified atom stereocenters. The van der Waals surface area contributed by atoms with Crippen LogP contribution >= 0.6 is 23.2 Å². The smallest absolute Gasteiger partial charge is 0.271 e. The number of amides is 1. The fraction of sp³-hybridized carbons (Fsp3) is 0.438. The highest BCUT2D eigenvalue weighted by Crippen LogP contribution is 2.31. The molecule has 120 valence electrons. The lowest BCUT2D eigenvalue weighted by Gasteiger charge is -2.29. The minimum absolute atomic E-state index is 0.0768. The Morgan fingerprint density at radius 3 is 2.59 bits per heavy atom. The van der Waals surface area contributed by atoms with Crippen molar-refractivity contribution in [3.05, 3.63) is 33.9 Å². The van der Waals surface area contributed by atoms with Gasteiger partial charge in [0.2, 0.25) is 0 Å². The van der Waals surface area contributed by atoms with Crippen molar-refractivity contribution in [2.24, 2.45) is 5.41 Å². The highest BCUT2D eigenvalue weighted by Gasteiger charge is 2.25. The summed E-state index contributed by atoms with van der Waals surface area (Å²) in [4.78, 5) is 17.4. The average Bonchev–Trinajstić information content (AvgIpc) is 2.73. The Hall–Kier alpha value is -1.23. The summed E-state index contributed by atoms with van der Waals surface area (Å²) < 4.78 is 0. The highest BCUT2D eigenvalue weighted by molar-refractivity contribution is 6.39. The van der Waals surface area contributed by atoms with E-state index in [0.29, 0.717) is 22.3 Å². The van der Waals surface area contributed by atoms with E-state index in [9.17, 15) is 9.90 Å². The van der Waals surface area contributed by atoms with Gasteiger partial charge in [0.1, 0.15) is 5.69 Å². The minimum Gasteiger partial charge on any atom is -0.395 e. The fourth-order valence-electron chi connectivity index (χ4n) is 2.38. The number of aromatic amines is 1. The lowest BCUT2D eigenvalue weighted by molar-refractivity contribution is 0.0650. The zero-order valence-electron chi connectivity index (χ0n) is 12.9. The molecule has 22 heavy (non-hydrogen) atoms. The third-order valence-corrected chi connectivity index (χ3v) is 3.86. The van der Waals surface area contributed by atoms with Gasteiger partial charge in [-0.25, -0.2) is 0 Å². The fourth-order valence-corrected chi connectivity index (χ4v) is 2.84. The molecule has 1 aromatic carbocycles. The van der Waals surface area contributed by atoms with E-state index in [1.807, 2.05) is 20.8 Å². The Bertz CT molecular complexity index is 689. The second-order valence-corrected chi connectivity index (χ2v) is 7.33.